The fraction of sp³-hybridized carbons (Fsp3) is 0.579. The van der Waals surface area contributed by atoms with Gasteiger partial charge in [-0.15, -0.1) is 0 Å². The molecule has 1 aliphatic rings. The van der Waals surface area contributed by atoms with Crippen LogP contribution in [0.5, 0.6) is 0 Å². The molecule has 4 nitrogen and oxygen atoms in total. The van der Waals surface area contributed by atoms with Gasteiger partial charge in [0.1, 0.15) is 0 Å². The highest BCUT2D eigenvalue weighted by molar-refractivity contribution is 6.35. The number of rotatable bonds is 6. The van der Waals surface area contributed by atoms with Gasteiger partial charge in [0.05, 0.1) is 0 Å². The Balaban J connectivity index is 1.59. The molecule has 0 radical (unpaired) electrons. The van der Waals surface area contributed by atoms with Gasteiger partial charge in [-0.25, -0.2) is 0 Å². The van der Waals surface area contributed by atoms with Gasteiger partial charge in [-0.05, 0) is 43.6 Å². The lowest BCUT2D eigenvalue weighted by Gasteiger charge is -2.29. The first kappa shape index (κ1) is 17.5. The molecule has 0 spiro atoms. The van der Waals surface area contributed by atoms with Gasteiger partial charge in [0.25, 0.3) is 0 Å². The van der Waals surface area contributed by atoms with Crippen molar-refractivity contribution < 1.29 is 9.59 Å². The Hall–Kier alpha value is -1.84. The van der Waals surface area contributed by atoms with E-state index >= 15 is 0 Å². The summed E-state index contributed by atoms with van der Waals surface area (Å²) in [5, 5.41) is 5.61. The molecule has 2 atom stereocenters. The highest BCUT2D eigenvalue weighted by Gasteiger charge is 2.25. The molecule has 1 aromatic carbocycles. The van der Waals surface area contributed by atoms with Crippen molar-refractivity contribution in [2.45, 2.75) is 57.9 Å². The van der Waals surface area contributed by atoms with E-state index in [2.05, 4.69) is 29.7 Å². The molecule has 2 N–H and O–H groups in total. The summed E-state index contributed by atoms with van der Waals surface area (Å²) in [6.07, 6.45) is 7.36. The molecule has 1 aliphatic carbocycles. The third-order valence-electron chi connectivity index (χ3n) is 4.65. The maximum absolute atomic E-state index is 11.9. The fourth-order valence-corrected chi connectivity index (χ4v) is 3.15. The first-order chi connectivity index (χ1) is 11.2. The first-order valence-electron chi connectivity index (χ1n) is 8.79. The second-order valence-corrected chi connectivity index (χ2v) is 6.54. The minimum atomic E-state index is -0.498. The fourth-order valence-electron chi connectivity index (χ4n) is 3.15. The Morgan fingerprint density at radius 3 is 2.52 bits per heavy atom. The molecule has 126 valence electrons. The van der Waals surface area contributed by atoms with Gasteiger partial charge in [0.15, 0.2) is 0 Å². The van der Waals surface area contributed by atoms with Gasteiger partial charge in [0, 0.05) is 12.6 Å². The SMILES string of the molecule is C[C@H]1CCCC[C@H]1NC(=O)C(=O)NCCCCc1ccccc1. The van der Waals surface area contributed by atoms with Crippen LogP contribution in [0.4, 0.5) is 0 Å². The van der Waals surface area contributed by atoms with E-state index in [4.69, 9.17) is 0 Å². The number of carbonyl (C=O) groups is 2. The second-order valence-electron chi connectivity index (χ2n) is 6.54. The average Bonchev–Trinajstić information content (AvgIpc) is 2.57. The van der Waals surface area contributed by atoms with Gasteiger partial charge in [-0.1, -0.05) is 50.1 Å². The minimum absolute atomic E-state index is 0.153. The first-order valence-corrected chi connectivity index (χ1v) is 8.79. The van der Waals surface area contributed by atoms with Crippen molar-refractivity contribution in [3.63, 3.8) is 0 Å². The van der Waals surface area contributed by atoms with Crippen LogP contribution in [0.2, 0.25) is 0 Å². The predicted octanol–water partition coefficient (Wildman–Crippen LogP) is 2.82. The predicted molar refractivity (Wildman–Crippen MR) is 92.0 cm³/mol. The summed E-state index contributed by atoms with van der Waals surface area (Å²) in [5.41, 5.74) is 1.31. The van der Waals surface area contributed by atoms with E-state index < -0.39 is 11.8 Å². The maximum atomic E-state index is 11.9. The van der Waals surface area contributed by atoms with Crippen molar-refractivity contribution in [1.82, 2.24) is 10.6 Å². The standard InChI is InChI=1S/C19H28N2O2/c1-15-9-5-6-13-17(15)21-19(23)18(22)20-14-8-7-12-16-10-3-2-4-11-16/h2-4,10-11,15,17H,5-9,12-14H2,1H3,(H,20,22)(H,21,23)/t15-,17+/m0/s1. The van der Waals surface area contributed by atoms with Crippen LogP contribution >= 0.6 is 0 Å². The summed E-state index contributed by atoms with van der Waals surface area (Å²) in [6.45, 7) is 2.70. The van der Waals surface area contributed by atoms with Crippen LogP contribution in [0.15, 0.2) is 30.3 Å². The molecule has 23 heavy (non-hydrogen) atoms. The van der Waals surface area contributed by atoms with E-state index in [1.807, 2.05) is 18.2 Å². The zero-order valence-electron chi connectivity index (χ0n) is 14.0. The van der Waals surface area contributed by atoms with Crippen LogP contribution in [0.3, 0.4) is 0 Å². The molecular formula is C19H28N2O2. The largest absolute Gasteiger partial charge is 0.348 e. The lowest BCUT2D eigenvalue weighted by molar-refractivity contribution is -0.140. The van der Waals surface area contributed by atoms with Crippen molar-refractivity contribution in [3.05, 3.63) is 35.9 Å². The van der Waals surface area contributed by atoms with Crippen molar-refractivity contribution in [3.8, 4) is 0 Å². The van der Waals surface area contributed by atoms with Crippen LogP contribution in [0, 0.1) is 5.92 Å². The Bertz CT molecular complexity index is 501. The molecule has 0 aromatic heterocycles. The molecule has 0 heterocycles. The van der Waals surface area contributed by atoms with E-state index in [-0.39, 0.29) is 6.04 Å². The van der Waals surface area contributed by atoms with Gasteiger partial charge in [-0.3, -0.25) is 9.59 Å². The molecule has 2 amide bonds. The minimum Gasteiger partial charge on any atom is -0.348 e. The lowest BCUT2D eigenvalue weighted by Crippen LogP contribution is -2.47. The number of nitrogens with one attached hydrogen (secondary N) is 2. The van der Waals surface area contributed by atoms with Crippen LogP contribution in [0.25, 0.3) is 0 Å². The summed E-state index contributed by atoms with van der Waals surface area (Å²) in [4.78, 5) is 23.8. The average molecular weight is 316 g/mol. The summed E-state index contributed by atoms with van der Waals surface area (Å²) < 4.78 is 0. The van der Waals surface area contributed by atoms with E-state index in [1.165, 1.54) is 12.0 Å². The quantitative estimate of drug-likeness (QED) is 0.626. The number of aryl methyl sites for hydroxylation is 1. The molecule has 0 aliphatic heterocycles. The van der Waals surface area contributed by atoms with Crippen LogP contribution < -0.4 is 10.6 Å². The number of carbonyl (C=O) groups excluding carboxylic acids is 2. The molecule has 1 fully saturated rings. The van der Waals surface area contributed by atoms with Gasteiger partial charge in [0.2, 0.25) is 0 Å². The number of benzene rings is 1. The van der Waals surface area contributed by atoms with Gasteiger partial charge < -0.3 is 10.6 Å². The molecule has 0 bridgehead atoms. The van der Waals surface area contributed by atoms with Crippen molar-refractivity contribution in [2.24, 2.45) is 5.92 Å². The zero-order valence-corrected chi connectivity index (χ0v) is 14.0. The van der Waals surface area contributed by atoms with E-state index in [0.717, 1.165) is 38.5 Å². The van der Waals surface area contributed by atoms with Gasteiger partial charge in [-0.2, -0.15) is 0 Å². The molecule has 1 saturated carbocycles. The zero-order chi connectivity index (χ0) is 16.5. The van der Waals surface area contributed by atoms with Crippen molar-refractivity contribution in [2.75, 3.05) is 6.54 Å². The lowest BCUT2D eigenvalue weighted by atomic mass is 9.86. The summed E-state index contributed by atoms with van der Waals surface area (Å²) in [6, 6.07) is 10.5. The molecule has 2 rings (SSSR count). The van der Waals surface area contributed by atoms with Crippen molar-refractivity contribution >= 4 is 11.8 Å². The monoisotopic (exact) mass is 316 g/mol. The van der Waals surface area contributed by atoms with Gasteiger partial charge >= 0.3 is 11.8 Å². The third kappa shape index (κ3) is 6.05. The summed E-state index contributed by atoms with van der Waals surface area (Å²) in [5.74, 6) is -0.513. The van der Waals surface area contributed by atoms with Crippen molar-refractivity contribution in [1.29, 1.82) is 0 Å². The molecule has 0 saturated heterocycles. The topological polar surface area (TPSA) is 58.2 Å². The third-order valence-corrected chi connectivity index (χ3v) is 4.65. The highest BCUT2D eigenvalue weighted by atomic mass is 16.2. The number of amides is 2. The Labute approximate surface area is 139 Å². The highest BCUT2D eigenvalue weighted by Crippen LogP contribution is 2.23. The Morgan fingerprint density at radius 2 is 1.78 bits per heavy atom. The summed E-state index contributed by atoms with van der Waals surface area (Å²) >= 11 is 0. The molecule has 1 aromatic rings. The van der Waals surface area contributed by atoms with E-state index in [1.54, 1.807) is 0 Å². The number of hydrogen-bond acceptors (Lipinski definition) is 2. The van der Waals surface area contributed by atoms with E-state index in [0.29, 0.717) is 12.5 Å². The second kappa shape index (κ2) is 9.33. The molecule has 4 heteroatoms. The van der Waals surface area contributed by atoms with E-state index in [9.17, 15) is 9.59 Å². The maximum Gasteiger partial charge on any atom is 0.309 e. The smallest absolute Gasteiger partial charge is 0.309 e. The summed E-state index contributed by atoms with van der Waals surface area (Å²) in [7, 11) is 0. The number of hydrogen-bond donors (Lipinski definition) is 2. The Morgan fingerprint density at radius 1 is 1.04 bits per heavy atom. The molecule has 0 unspecified atom stereocenters. The normalized spacial score (nSPS) is 20.7. The van der Waals surface area contributed by atoms with Crippen LogP contribution in [0.1, 0.15) is 51.0 Å². The van der Waals surface area contributed by atoms with Crippen LogP contribution in [-0.4, -0.2) is 24.4 Å². The Kier molecular flexibility index (Phi) is 7.11. The number of unbranched alkanes of at least 4 members (excludes halogenated alkanes) is 1. The molecular weight excluding hydrogens is 288 g/mol. The van der Waals surface area contributed by atoms with Crippen LogP contribution in [-0.2, 0) is 16.0 Å².